The van der Waals surface area contributed by atoms with Crippen molar-refractivity contribution < 1.29 is 9.53 Å². The number of ether oxygens (including phenoxy) is 1. The molecule has 94 valence electrons. The molecule has 1 aromatic rings. The number of nitrogens with two attached hydrogens (primary N) is 1. The highest BCUT2D eigenvalue weighted by molar-refractivity contribution is 9.10. The van der Waals surface area contributed by atoms with Crippen molar-refractivity contribution in [3.63, 3.8) is 0 Å². The van der Waals surface area contributed by atoms with E-state index in [9.17, 15) is 4.79 Å². The summed E-state index contributed by atoms with van der Waals surface area (Å²) in [6.45, 7) is 4.37. The topological polar surface area (TPSA) is 64.3 Å². The molecule has 0 fully saturated rings. The smallest absolute Gasteiger partial charge is 0.260 e. The Hall–Kier alpha value is -1.23. The van der Waals surface area contributed by atoms with Gasteiger partial charge < -0.3 is 15.8 Å². The highest BCUT2D eigenvalue weighted by Crippen LogP contribution is 2.23. The average Bonchev–Trinajstić information content (AvgIpc) is 2.24. The number of nitrogens with one attached hydrogen (secondary N) is 1. The van der Waals surface area contributed by atoms with Crippen LogP contribution in [0.25, 0.3) is 0 Å². The Kier molecular flexibility index (Phi) is 5.28. The Labute approximate surface area is 110 Å². The van der Waals surface area contributed by atoms with Crippen LogP contribution in [-0.4, -0.2) is 18.6 Å². The van der Waals surface area contributed by atoms with Gasteiger partial charge in [0.1, 0.15) is 5.75 Å². The molecule has 1 atom stereocenters. The maximum absolute atomic E-state index is 11.6. The number of hydrogen-bond donors (Lipinski definition) is 2. The van der Waals surface area contributed by atoms with Crippen molar-refractivity contribution in [3.8, 4) is 5.75 Å². The number of carbonyl (C=O) groups excluding carboxylic acids is 1. The first-order valence-corrected chi connectivity index (χ1v) is 6.32. The summed E-state index contributed by atoms with van der Waals surface area (Å²) in [4.78, 5) is 11.6. The lowest BCUT2D eigenvalue weighted by molar-refractivity contribution is -0.127. The van der Waals surface area contributed by atoms with Gasteiger partial charge in [0.25, 0.3) is 5.91 Å². The van der Waals surface area contributed by atoms with E-state index in [1.165, 1.54) is 0 Å². The fourth-order valence-electron chi connectivity index (χ4n) is 1.30. The van der Waals surface area contributed by atoms with Crippen molar-refractivity contribution in [1.29, 1.82) is 0 Å². The first-order chi connectivity index (χ1) is 8.02. The Morgan fingerprint density at radius 3 is 2.82 bits per heavy atom. The Balaban J connectivity index is 2.60. The summed E-state index contributed by atoms with van der Waals surface area (Å²) < 4.78 is 6.34. The molecule has 0 aliphatic heterocycles. The number of hydrogen-bond acceptors (Lipinski definition) is 3. The van der Waals surface area contributed by atoms with Crippen LogP contribution in [0.1, 0.15) is 20.3 Å². The Morgan fingerprint density at radius 1 is 1.53 bits per heavy atom. The first-order valence-electron chi connectivity index (χ1n) is 5.53. The number of benzene rings is 1. The van der Waals surface area contributed by atoms with Gasteiger partial charge in [-0.3, -0.25) is 4.79 Å². The summed E-state index contributed by atoms with van der Waals surface area (Å²) in [5, 5.41) is 2.77. The van der Waals surface area contributed by atoms with E-state index in [-0.39, 0.29) is 5.91 Å². The van der Waals surface area contributed by atoms with Gasteiger partial charge in [0.2, 0.25) is 0 Å². The summed E-state index contributed by atoms with van der Waals surface area (Å²) in [7, 11) is 0. The van der Waals surface area contributed by atoms with Crippen molar-refractivity contribution in [1.82, 2.24) is 5.32 Å². The summed E-state index contributed by atoms with van der Waals surface area (Å²) >= 11 is 3.32. The van der Waals surface area contributed by atoms with Gasteiger partial charge in [-0.2, -0.15) is 0 Å². The van der Waals surface area contributed by atoms with Gasteiger partial charge in [0.05, 0.1) is 0 Å². The molecule has 1 aromatic carbocycles. The molecule has 0 bridgehead atoms. The van der Waals surface area contributed by atoms with E-state index in [0.29, 0.717) is 18.0 Å². The molecule has 4 nitrogen and oxygen atoms in total. The molecule has 1 unspecified atom stereocenters. The zero-order chi connectivity index (χ0) is 12.8. The molecule has 0 radical (unpaired) electrons. The zero-order valence-electron chi connectivity index (χ0n) is 10.00. The molecule has 0 saturated heterocycles. The van der Waals surface area contributed by atoms with Gasteiger partial charge in [-0.1, -0.05) is 22.9 Å². The predicted octanol–water partition coefficient (Wildman–Crippen LogP) is 2.32. The molecule has 3 N–H and O–H groups in total. The van der Waals surface area contributed by atoms with Crippen molar-refractivity contribution in [2.24, 2.45) is 0 Å². The second-order valence-corrected chi connectivity index (χ2v) is 4.69. The summed E-state index contributed by atoms with van der Waals surface area (Å²) in [6.07, 6.45) is 0.373. The monoisotopic (exact) mass is 300 g/mol. The third-order valence-electron chi connectivity index (χ3n) is 2.12. The molecule has 0 aliphatic carbocycles. The van der Waals surface area contributed by atoms with Crippen LogP contribution in [0.4, 0.5) is 5.69 Å². The van der Waals surface area contributed by atoms with E-state index in [1.54, 1.807) is 25.1 Å². The van der Waals surface area contributed by atoms with Crippen LogP contribution in [0.2, 0.25) is 0 Å². The van der Waals surface area contributed by atoms with Crippen molar-refractivity contribution in [2.45, 2.75) is 26.4 Å². The van der Waals surface area contributed by atoms with E-state index in [0.717, 1.165) is 10.9 Å². The number of anilines is 1. The molecule has 0 saturated carbocycles. The van der Waals surface area contributed by atoms with Crippen LogP contribution in [-0.2, 0) is 4.79 Å². The highest BCUT2D eigenvalue weighted by atomic mass is 79.9. The third kappa shape index (κ3) is 4.65. The SMILES string of the molecule is CCCNC(=O)C(C)Oc1cc(N)cc(Br)c1. The Morgan fingerprint density at radius 2 is 2.24 bits per heavy atom. The molecular weight excluding hydrogens is 284 g/mol. The number of nitrogen functional groups attached to an aromatic ring is 1. The standard InChI is InChI=1S/C12H17BrN2O2/c1-3-4-15-12(16)8(2)17-11-6-9(13)5-10(14)7-11/h5-8H,3-4,14H2,1-2H3,(H,15,16). The van der Waals surface area contributed by atoms with Crippen molar-refractivity contribution in [2.75, 3.05) is 12.3 Å². The van der Waals surface area contributed by atoms with Crippen molar-refractivity contribution in [3.05, 3.63) is 22.7 Å². The van der Waals surface area contributed by atoms with Gasteiger partial charge in [0, 0.05) is 22.8 Å². The molecule has 17 heavy (non-hydrogen) atoms. The number of amides is 1. The molecular formula is C12H17BrN2O2. The number of rotatable bonds is 5. The van der Waals surface area contributed by atoms with Crippen LogP contribution in [0.15, 0.2) is 22.7 Å². The fourth-order valence-corrected chi connectivity index (χ4v) is 1.79. The van der Waals surface area contributed by atoms with E-state index in [4.69, 9.17) is 10.5 Å². The lowest BCUT2D eigenvalue weighted by Gasteiger charge is -2.15. The Bertz CT molecular complexity index is 376. The summed E-state index contributed by atoms with van der Waals surface area (Å²) in [6, 6.07) is 5.24. The minimum Gasteiger partial charge on any atom is -0.481 e. The second kappa shape index (κ2) is 6.49. The number of carbonyl (C=O) groups is 1. The van der Waals surface area contributed by atoms with Gasteiger partial charge in [-0.05, 0) is 25.5 Å². The predicted molar refractivity (Wildman–Crippen MR) is 71.9 cm³/mol. The minimum atomic E-state index is -0.532. The molecule has 0 aromatic heterocycles. The lowest BCUT2D eigenvalue weighted by Crippen LogP contribution is -2.36. The lowest BCUT2D eigenvalue weighted by atomic mass is 10.3. The summed E-state index contributed by atoms with van der Waals surface area (Å²) in [5.74, 6) is 0.460. The molecule has 1 amide bonds. The van der Waals surface area contributed by atoms with Crippen LogP contribution in [0.5, 0.6) is 5.75 Å². The van der Waals surface area contributed by atoms with Crippen molar-refractivity contribution >= 4 is 27.5 Å². The molecule has 1 rings (SSSR count). The highest BCUT2D eigenvalue weighted by Gasteiger charge is 2.14. The molecule has 0 aliphatic rings. The van der Waals surface area contributed by atoms with E-state index in [2.05, 4.69) is 21.2 Å². The maximum atomic E-state index is 11.6. The average molecular weight is 301 g/mol. The van der Waals surface area contributed by atoms with Gasteiger partial charge in [0.15, 0.2) is 6.10 Å². The van der Waals surface area contributed by atoms with Crippen LogP contribution in [0.3, 0.4) is 0 Å². The fraction of sp³-hybridized carbons (Fsp3) is 0.417. The van der Waals surface area contributed by atoms with Crippen LogP contribution >= 0.6 is 15.9 Å². The third-order valence-corrected chi connectivity index (χ3v) is 2.58. The maximum Gasteiger partial charge on any atom is 0.260 e. The van der Waals surface area contributed by atoms with Crippen LogP contribution < -0.4 is 15.8 Å². The summed E-state index contributed by atoms with van der Waals surface area (Å²) in [5.41, 5.74) is 6.27. The van der Waals surface area contributed by atoms with E-state index >= 15 is 0 Å². The van der Waals surface area contributed by atoms with Gasteiger partial charge in [-0.15, -0.1) is 0 Å². The normalized spacial score (nSPS) is 11.9. The minimum absolute atomic E-state index is 0.120. The van der Waals surface area contributed by atoms with Gasteiger partial charge in [-0.25, -0.2) is 0 Å². The molecule has 0 spiro atoms. The van der Waals surface area contributed by atoms with E-state index < -0.39 is 6.10 Å². The number of halogens is 1. The van der Waals surface area contributed by atoms with Gasteiger partial charge >= 0.3 is 0 Å². The first kappa shape index (κ1) is 13.8. The zero-order valence-corrected chi connectivity index (χ0v) is 11.6. The molecule has 5 heteroatoms. The second-order valence-electron chi connectivity index (χ2n) is 3.77. The van der Waals surface area contributed by atoms with Crippen LogP contribution in [0, 0.1) is 0 Å². The van der Waals surface area contributed by atoms with E-state index in [1.807, 2.05) is 6.92 Å². The molecule has 0 heterocycles. The quantitative estimate of drug-likeness (QED) is 0.820. The largest absolute Gasteiger partial charge is 0.481 e.